The van der Waals surface area contributed by atoms with Crippen LogP contribution in [0, 0.1) is 0 Å². The Morgan fingerprint density at radius 3 is 0.750 bits per heavy atom. The molecule has 0 bridgehead atoms. The van der Waals surface area contributed by atoms with Crippen molar-refractivity contribution in [3.8, 4) is 0 Å². The van der Waals surface area contributed by atoms with Crippen molar-refractivity contribution in [3.63, 3.8) is 0 Å². The van der Waals surface area contributed by atoms with E-state index in [9.17, 15) is 0 Å². The van der Waals surface area contributed by atoms with Crippen LogP contribution in [0.1, 0.15) is 0 Å². The Morgan fingerprint density at radius 2 is 0.750 bits per heavy atom. The van der Waals surface area contributed by atoms with Gasteiger partial charge in [0, 0.05) is 46.2 Å². The van der Waals surface area contributed by atoms with Crippen LogP contribution < -0.4 is 0 Å². The monoisotopic (exact) mass is 87.0 g/mol. The van der Waals surface area contributed by atoms with Crippen molar-refractivity contribution in [3.05, 3.63) is 0 Å². The second-order valence-corrected chi connectivity index (χ2v) is 0. The van der Waals surface area contributed by atoms with Crippen LogP contribution in [-0.4, -0.2) is 57.1 Å². The molecule has 4 heteroatoms. The summed E-state index contributed by atoms with van der Waals surface area (Å²) in [7, 11) is 0. The van der Waals surface area contributed by atoms with E-state index in [1.54, 1.807) is 0 Å². The first kappa shape index (κ1) is 61.0. The van der Waals surface area contributed by atoms with Gasteiger partial charge in [0.05, 0.1) is 0 Å². The number of hydrogen-bond acceptors (Lipinski definition) is 0. The minimum Gasteiger partial charge on any atom is -0.412 e. The fourth-order valence-corrected chi connectivity index (χ4v) is 0. The van der Waals surface area contributed by atoms with Crippen LogP contribution in [0.3, 0.4) is 0 Å². The van der Waals surface area contributed by atoms with Gasteiger partial charge in [0.25, 0.3) is 0 Å². The topological polar surface area (TPSA) is 63.0 Å². The summed E-state index contributed by atoms with van der Waals surface area (Å²) < 4.78 is 0. The Labute approximate surface area is 56.8 Å². The van der Waals surface area contributed by atoms with Crippen molar-refractivity contribution in [1.82, 2.24) is 0 Å². The largest absolute Gasteiger partial charge is 0.412 e. The third-order valence-electron chi connectivity index (χ3n) is 0. The Morgan fingerprint density at radius 1 is 0.750 bits per heavy atom. The van der Waals surface area contributed by atoms with Gasteiger partial charge < -0.3 is 11.0 Å². The van der Waals surface area contributed by atoms with Crippen molar-refractivity contribution in [2.75, 3.05) is 0 Å². The van der Waals surface area contributed by atoms with E-state index in [0.29, 0.717) is 0 Å². The zero-order valence-corrected chi connectivity index (χ0v) is 4.49. The maximum atomic E-state index is 0. The van der Waals surface area contributed by atoms with Crippen molar-refractivity contribution in [2.24, 2.45) is 0 Å². The minimum atomic E-state index is 0. The zero-order chi connectivity index (χ0) is 0. The molecule has 21 valence electrons. The summed E-state index contributed by atoms with van der Waals surface area (Å²) >= 11 is 0. The molecule has 0 aromatic carbocycles. The molecule has 0 aliphatic carbocycles. The average molecular weight is 86.9 g/mol. The van der Waals surface area contributed by atoms with Gasteiger partial charge in [-0.3, -0.25) is 0 Å². The molecule has 4 N–H and O–H groups in total. The van der Waals surface area contributed by atoms with Crippen LogP contribution in [0.2, 0.25) is 0 Å². The minimum absolute atomic E-state index is 0. The van der Waals surface area contributed by atoms with Gasteiger partial charge in [-0.1, -0.05) is 0 Å². The predicted molar refractivity (Wildman–Crippen MR) is 18.7 cm³/mol. The average Bonchev–Trinajstić information content (AvgIpc) is 0. The van der Waals surface area contributed by atoms with E-state index in [-0.39, 0.29) is 57.1 Å². The standard InChI is InChI=1S/B.Ca.2H2O/h;;2*1H2. The number of hydrogen-bond donors (Lipinski definition) is 0. The zero-order valence-electron chi connectivity index (χ0n) is 2.28. The van der Waals surface area contributed by atoms with Gasteiger partial charge >= 0.3 is 0 Å². The molecule has 0 saturated carbocycles. The van der Waals surface area contributed by atoms with Crippen molar-refractivity contribution < 1.29 is 11.0 Å². The van der Waals surface area contributed by atoms with Gasteiger partial charge in [0.15, 0.2) is 0 Å². The van der Waals surface area contributed by atoms with Crippen LogP contribution in [0.15, 0.2) is 0 Å². The first-order valence-corrected chi connectivity index (χ1v) is 0. The van der Waals surface area contributed by atoms with Gasteiger partial charge in [0.2, 0.25) is 0 Å². The molecule has 0 fully saturated rings. The molecule has 4 heavy (non-hydrogen) atoms. The normalized spacial score (nSPS) is 0. The number of rotatable bonds is 0. The second-order valence-electron chi connectivity index (χ2n) is 0. The van der Waals surface area contributed by atoms with Crippen LogP contribution in [0.5, 0.6) is 0 Å². The molecular formula is H4BCaO2. The molecule has 0 aliphatic heterocycles. The van der Waals surface area contributed by atoms with Crippen LogP contribution in [0.25, 0.3) is 0 Å². The van der Waals surface area contributed by atoms with Gasteiger partial charge in [-0.25, -0.2) is 0 Å². The summed E-state index contributed by atoms with van der Waals surface area (Å²) in [6.07, 6.45) is 0. The molecule has 0 heterocycles. The second kappa shape index (κ2) is 28.8. The predicted octanol–water partition coefficient (Wildman–Crippen LogP) is -2.41. The Balaban J connectivity index is 0. The molecule has 0 atom stereocenters. The van der Waals surface area contributed by atoms with Gasteiger partial charge in [-0.15, -0.1) is 0 Å². The molecule has 0 aromatic rings. The molecule has 0 aromatic heterocycles. The first-order valence-electron chi connectivity index (χ1n) is 0. The Bertz CT molecular complexity index is 6.00. The maximum absolute atomic E-state index is 0. The van der Waals surface area contributed by atoms with Crippen LogP contribution >= 0.6 is 0 Å². The van der Waals surface area contributed by atoms with Crippen molar-refractivity contribution in [1.29, 1.82) is 0 Å². The SMILES string of the molecule is O.O.[B].[Ca]. The third-order valence-corrected chi connectivity index (χ3v) is 0. The molecular weight excluding hydrogens is 82.9 g/mol. The molecule has 2 nitrogen and oxygen atoms in total. The molecule has 0 unspecified atom stereocenters. The quantitative estimate of drug-likeness (QED) is 0.295. The Kier molecular flexibility index (Phi) is 440. The fourth-order valence-electron chi connectivity index (χ4n) is 0. The van der Waals surface area contributed by atoms with Gasteiger partial charge in [-0.2, -0.15) is 0 Å². The molecule has 5 radical (unpaired) electrons. The van der Waals surface area contributed by atoms with Gasteiger partial charge in [0.1, 0.15) is 0 Å². The fraction of sp³-hybridized carbons (Fsp3) is 0. The van der Waals surface area contributed by atoms with Crippen LogP contribution in [0.4, 0.5) is 0 Å². The Hall–Kier alpha value is 1.24. The molecule has 0 rings (SSSR count). The van der Waals surface area contributed by atoms with Crippen LogP contribution in [-0.2, 0) is 0 Å². The van der Waals surface area contributed by atoms with E-state index in [1.807, 2.05) is 0 Å². The van der Waals surface area contributed by atoms with E-state index in [4.69, 9.17) is 0 Å². The summed E-state index contributed by atoms with van der Waals surface area (Å²) in [4.78, 5) is 0. The summed E-state index contributed by atoms with van der Waals surface area (Å²) in [6, 6.07) is 0. The first-order chi connectivity index (χ1) is 0. The summed E-state index contributed by atoms with van der Waals surface area (Å²) in [5.41, 5.74) is 0. The smallest absolute Gasteiger partial charge is 0 e. The van der Waals surface area contributed by atoms with E-state index in [2.05, 4.69) is 0 Å². The molecule has 0 saturated heterocycles. The maximum Gasteiger partial charge on any atom is 0 e. The van der Waals surface area contributed by atoms with E-state index in [0.717, 1.165) is 0 Å². The van der Waals surface area contributed by atoms with E-state index in [1.165, 1.54) is 0 Å². The third kappa shape index (κ3) is 10.6. The molecule has 0 aliphatic rings. The van der Waals surface area contributed by atoms with E-state index < -0.39 is 0 Å². The molecule has 0 spiro atoms. The van der Waals surface area contributed by atoms with Crippen molar-refractivity contribution >= 4 is 46.2 Å². The molecule has 0 amide bonds. The summed E-state index contributed by atoms with van der Waals surface area (Å²) in [6.45, 7) is 0. The van der Waals surface area contributed by atoms with E-state index >= 15 is 0 Å². The van der Waals surface area contributed by atoms with Crippen molar-refractivity contribution in [2.45, 2.75) is 0 Å². The summed E-state index contributed by atoms with van der Waals surface area (Å²) in [5, 5.41) is 0. The summed E-state index contributed by atoms with van der Waals surface area (Å²) in [5.74, 6) is 0. The van der Waals surface area contributed by atoms with Gasteiger partial charge in [-0.05, 0) is 0 Å².